The lowest BCUT2D eigenvalue weighted by atomic mass is 9.92. The van der Waals surface area contributed by atoms with Crippen molar-refractivity contribution in [3.05, 3.63) is 42.1 Å². The molecule has 0 aliphatic carbocycles. The fourth-order valence-corrected chi connectivity index (χ4v) is 8.43. The zero-order chi connectivity index (χ0) is 45.1. The number of amides is 7. The average molecular weight is 875 g/mol. The van der Waals surface area contributed by atoms with E-state index < -0.39 is 83.6 Å². The lowest BCUT2D eigenvalue weighted by Gasteiger charge is -2.33. The average Bonchev–Trinajstić information content (AvgIpc) is 3.24. The van der Waals surface area contributed by atoms with E-state index in [1.54, 1.807) is 26.8 Å². The molecule has 9 N–H and O–H groups in total. The van der Waals surface area contributed by atoms with Gasteiger partial charge in [0.25, 0.3) is 0 Å². The highest BCUT2D eigenvalue weighted by molar-refractivity contribution is 8.76. The molecule has 1 aromatic rings. The maximum atomic E-state index is 14.2. The van der Waals surface area contributed by atoms with Crippen LogP contribution >= 0.6 is 21.6 Å². The van der Waals surface area contributed by atoms with E-state index in [0.29, 0.717) is 25.7 Å². The van der Waals surface area contributed by atoms with Crippen LogP contribution in [0, 0.1) is 29.6 Å². The molecule has 0 spiro atoms. The van der Waals surface area contributed by atoms with Gasteiger partial charge in [-0.25, -0.2) is 0 Å². The molecule has 60 heavy (non-hydrogen) atoms. The van der Waals surface area contributed by atoms with Crippen molar-refractivity contribution in [2.24, 2.45) is 35.3 Å². The Hall–Kier alpha value is -4.09. The standard InChI is InChI=1S/C43H70N8O7S2/c1-11-25(7)33-40(55)47-30(37(52)45-21-20-29-18-16-15-17-19-29)22-59-60-23-31(46-39(54)32(44)24(5)6)38(53)48-34(26(8)12-2)41(56)50-36(28(10)14-4)43(58)51-35(27(9)13-3)42(57)49-33/h15-21,24-28,30-36H,11-14,22-23,44H2,1-10H3,(H,45,52)(H,46,54)(H,47,55)(H,48,53)(H,49,57)(H,50,56)(H,51,58)/b21-20-/t25?,26?,27?,28?,30?,31?,32?,33-,34-,35-,36-/m0/s1. The van der Waals surface area contributed by atoms with E-state index in [9.17, 15) is 33.6 Å². The molecule has 0 radical (unpaired) electrons. The lowest BCUT2D eigenvalue weighted by Crippen LogP contribution is -2.63. The third-order valence-corrected chi connectivity index (χ3v) is 13.7. The van der Waals surface area contributed by atoms with Crippen molar-refractivity contribution in [3.8, 4) is 0 Å². The molecule has 11 atom stereocenters. The van der Waals surface area contributed by atoms with Crippen molar-refractivity contribution in [1.82, 2.24) is 37.2 Å². The van der Waals surface area contributed by atoms with Crippen LogP contribution in [-0.2, 0) is 33.6 Å². The van der Waals surface area contributed by atoms with Gasteiger partial charge in [0.1, 0.15) is 36.3 Å². The second-order valence-electron chi connectivity index (χ2n) is 16.2. The summed E-state index contributed by atoms with van der Waals surface area (Å²) in [5, 5.41) is 19.8. The summed E-state index contributed by atoms with van der Waals surface area (Å²) in [5.74, 6) is -5.71. The summed E-state index contributed by atoms with van der Waals surface area (Å²) in [4.78, 5) is 97.6. The minimum Gasteiger partial charge on any atom is -0.342 e. The summed E-state index contributed by atoms with van der Waals surface area (Å²) in [6.45, 7) is 18.3. The molecule has 0 bridgehead atoms. The predicted octanol–water partition coefficient (Wildman–Crippen LogP) is 3.25. The number of benzene rings is 1. The van der Waals surface area contributed by atoms with Crippen LogP contribution in [0.3, 0.4) is 0 Å². The van der Waals surface area contributed by atoms with Crippen molar-refractivity contribution >= 4 is 69.0 Å². The van der Waals surface area contributed by atoms with Crippen molar-refractivity contribution < 1.29 is 33.6 Å². The van der Waals surface area contributed by atoms with Crippen LogP contribution in [0.25, 0.3) is 6.08 Å². The normalized spacial score (nSPS) is 25.6. The number of nitrogens with two attached hydrogens (primary N) is 1. The number of carbonyl (C=O) groups excluding carboxylic acids is 7. The lowest BCUT2D eigenvalue weighted by molar-refractivity contribution is -0.137. The highest BCUT2D eigenvalue weighted by Gasteiger charge is 2.38. The quantitative estimate of drug-likeness (QED) is 0.127. The molecule has 1 aliphatic heterocycles. The summed E-state index contributed by atoms with van der Waals surface area (Å²) < 4.78 is 0. The first kappa shape index (κ1) is 52.0. The van der Waals surface area contributed by atoms with E-state index in [1.165, 1.54) is 27.8 Å². The summed E-state index contributed by atoms with van der Waals surface area (Å²) >= 11 is 0. The van der Waals surface area contributed by atoms with Crippen molar-refractivity contribution in [1.29, 1.82) is 0 Å². The second-order valence-corrected chi connectivity index (χ2v) is 18.8. The Kier molecular flexibility index (Phi) is 22.8. The van der Waals surface area contributed by atoms with Crippen LogP contribution < -0.4 is 43.0 Å². The minimum atomic E-state index is -1.14. The first-order chi connectivity index (χ1) is 28.4. The van der Waals surface area contributed by atoms with E-state index in [0.717, 1.165) is 5.56 Å². The Morgan fingerprint density at radius 3 is 1.47 bits per heavy atom. The molecule has 15 nitrogen and oxygen atoms in total. The molecule has 1 heterocycles. The van der Waals surface area contributed by atoms with E-state index in [1.807, 2.05) is 78.8 Å². The fourth-order valence-electron chi connectivity index (χ4n) is 6.11. The van der Waals surface area contributed by atoms with Gasteiger partial charge in [-0.3, -0.25) is 33.6 Å². The van der Waals surface area contributed by atoms with Gasteiger partial charge in [0.2, 0.25) is 41.4 Å². The van der Waals surface area contributed by atoms with Gasteiger partial charge in [-0.05, 0) is 41.2 Å². The molecule has 0 aromatic heterocycles. The second kappa shape index (κ2) is 26.3. The highest BCUT2D eigenvalue weighted by atomic mass is 33.1. The maximum absolute atomic E-state index is 14.2. The van der Waals surface area contributed by atoms with Gasteiger partial charge in [-0.2, -0.15) is 0 Å². The zero-order valence-corrected chi connectivity index (χ0v) is 38.6. The van der Waals surface area contributed by atoms with Crippen LogP contribution in [0.4, 0.5) is 0 Å². The number of nitrogens with one attached hydrogen (secondary N) is 7. The Bertz CT molecular complexity index is 1620. The Balaban J connectivity index is 2.68. The Morgan fingerprint density at radius 2 is 1.05 bits per heavy atom. The van der Waals surface area contributed by atoms with Crippen molar-refractivity contribution in [3.63, 3.8) is 0 Å². The summed E-state index contributed by atoms with van der Waals surface area (Å²) in [6, 6.07) is 1.88. The molecular formula is C43H70N8O7S2. The van der Waals surface area contributed by atoms with Crippen molar-refractivity contribution in [2.45, 2.75) is 137 Å². The molecule has 336 valence electrons. The van der Waals surface area contributed by atoms with Gasteiger partial charge in [-0.1, -0.05) is 147 Å². The zero-order valence-electron chi connectivity index (χ0n) is 37.0. The predicted molar refractivity (Wildman–Crippen MR) is 241 cm³/mol. The first-order valence-corrected chi connectivity index (χ1v) is 23.7. The van der Waals surface area contributed by atoms with Crippen LogP contribution in [0.5, 0.6) is 0 Å². The highest BCUT2D eigenvalue weighted by Crippen LogP contribution is 2.24. The molecule has 17 heteroatoms. The van der Waals surface area contributed by atoms with Gasteiger partial charge < -0.3 is 43.0 Å². The molecule has 0 saturated carbocycles. The van der Waals surface area contributed by atoms with Crippen LogP contribution in [0.2, 0.25) is 0 Å². The number of rotatable bonds is 14. The summed E-state index contributed by atoms with van der Waals surface area (Å²) in [7, 11) is 2.39. The van der Waals surface area contributed by atoms with E-state index in [-0.39, 0.29) is 41.1 Å². The largest absolute Gasteiger partial charge is 0.342 e. The summed E-state index contributed by atoms with van der Waals surface area (Å²) in [6.07, 6.45) is 5.22. The van der Waals surface area contributed by atoms with E-state index in [4.69, 9.17) is 5.73 Å². The van der Waals surface area contributed by atoms with Crippen LogP contribution in [0.15, 0.2) is 36.5 Å². The van der Waals surface area contributed by atoms with Gasteiger partial charge in [-0.15, -0.1) is 0 Å². The van der Waals surface area contributed by atoms with E-state index >= 15 is 0 Å². The van der Waals surface area contributed by atoms with Gasteiger partial charge in [0, 0.05) is 17.7 Å². The molecule has 7 amide bonds. The molecule has 1 saturated heterocycles. The molecule has 1 fully saturated rings. The Labute approximate surface area is 364 Å². The number of hydrogen-bond donors (Lipinski definition) is 8. The molecule has 1 aliphatic rings. The number of hydrogen-bond acceptors (Lipinski definition) is 10. The van der Waals surface area contributed by atoms with Crippen molar-refractivity contribution in [2.75, 3.05) is 11.5 Å². The third-order valence-electron chi connectivity index (χ3n) is 11.3. The fraction of sp³-hybridized carbons (Fsp3) is 0.651. The molecule has 1 aromatic carbocycles. The Morgan fingerprint density at radius 1 is 0.650 bits per heavy atom. The van der Waals surface area contributed by atoms with Crippen LogP contribution in [0.1, 0.15) is 100 Å². The van der Waals surface area contributed by atoms with Gasteiger partial charge in [0.15, 0.2) is 0 Å². The molecule has 7 unspecified atom stereocenters. The SMILES string of the molecule is CCC(C)[C@@H]1NC(=O)C(NC(=O)C(N)C(C)C)CSSCC(C(=O)N/C=C\c2ccccc2)NC(=O)[C@H](C(C)CC)NC(=O)[C@H](C(C)CC)NC(=O)[C@H](C(C)CC)NC1=O. The monoisotopic (exact) mass is 874 g/mol. The number of carbonyl (C=O) groups is 7. The van der Waals surface area contributed by atoms with Gasteiger partial charge >= 0.3 is 0 Å². The molecule has 2 rings (SSSR count). The van der Waals surface area contributed by atoms with Gasteiger partial charge in [0.05, 0.1) is 6.04 Å². The maximum Gasteiger partial charge on any atom is 0.247 e. The minimum absolute atomic E-state index is 0.0124. The molecular weight excluding hydrogens is 805 g/mol. The van der Waals surface area contributed by atoms with Crippen LogP contribution in [-0.4, -0.2) is 95.1 Å². The first-order valence-electron chi connectivity index (χ1n) is 21.2. The van der Waals surface area contributed by atoms with E-state index in [2.05, 4.69) is 37.2 Å². The summed E-state index contributed by atoms with van der Waals surface area (Å²) in [5.41, 5.74) is 7.01. The smallest absolute Gasteiger partial charge is 0.247 e. The third kappa shape index (κ3) is 16.1. The topological polar surface area (TPSA) is 230 Å².